The second-order valence-electron chi connectivity index (χ2n) is 5.50. The first kappa shape index (κ1) is 14.8. The van der Waals surface area contributed by atoms with Crippen LogP contribution in [-0.2, 0) is 4.74 Å². The minimum absolute atomic E-state index is 0.148. The molecule has 0 aliphatic heterocycles. The predicted octanol–water partition coefficient (Wildman–Crippen LogP) is 4.47. The number of rotatable bonds is 6. The van der Waals surface area contributed by atoms with Crippen LogP contribution in [0.1, 0.15) is 54.4 Å². The Labute approximate surface area is 92.2 Å². The van der Waals surface area contributed by atoms with Gasteiger partial charge < -0.3 is 4.74 Å². The molecule has 0 amide bonds. The highest BCUT2D eigenvalue weighted by atomic mass is 19.2. The van der Waals surface area contributed by atoms with Crippen molar-refractivity contribution in [2.45, 2.75) is 66.1 Å². The van der Waals surface area contributed by atoms with E-state index < -0.39 is 11.7 Å². The summed E-state index contributed by atoms with van der Waals surface area (Å²) in [5.41, 5.74) is 0. The molecule has 2 unspecified atom stereocenters. The molecule has 92 valence electrons. The fourth-order valence-electron chi connectivity index (χ4n) is 1.99. The smallest absolute Gasteiger partial charge is 0.209 e. The first-order valence-corrected chi connectivity index (χ1v) is 5.62. The maximum atomic E-state index is 13.8. The lowest BCUT2D eigenvalue weighted by Gasteiger charge is -2.32. The average molecular weight is 222 g/mol. The molecule has 3 heteroatoms. The second-order valence-corrected chi connectivity index (χ2v) is 5.50. The maximum absolute atomic E-state index is 13.8. The third kappa shape index (κ3) is 7.71. The van der Waals surface area contributed by atoms with Gasteiger partial charge >= 0.3 is 0 Å². The van der Waals surface area contributed by atoms with E-state index in [4.69, 9.17) is 4.74 Å². The Balaban J connectivity index is 4.29. The van der Waals surface area contributed by atoms with Crippen molar-refractivity contribution in [3.05, 3.63) is 0 Å². The quantitative estimate of drug-likeness (QED) is 0.644. The topological polar surface area (TPSA) is 9.23 Å². The van der Waals surface area contributed by atoms with Crippen molar-refractivity contribution >= 4 is 0 Å². The fraction of sp³-hybridized carbons (Fsp3) is 1.00. The molecule has 2 atom stereocenters. The van der Waals surface area contributed by atoms with E-state index in [0.29, 0.717) is 0 Å². The highest BCUT2D eigenvalue weighted by Crippen LogP contribution is 2.32. The monoisotopic (exact) mass is 222 g/mol. The van der Waals surface area contributed by atoms with Gasteiger partial charge in [0, 0.05) is 12.8 Å². The molecule has 0 aliphatic rings. The molecule has 0 saturated carbocycles. The van der Waals surface area contributed by atoms with Gasteiger partial charge in [-0.25, -0.2) is 8.78 Å². The van der Waals surface area contributed by atoms with Crippen LogP contribution in [0, 0.1) is 11.8 Å². The van der Waals surface area contributed by atoms with Gasteiger partial charge in [-0.05, 0) is 25.7 Å². The van der Waals surface area contributed by atoms with E-state index in [2.05, 4.69) is 0 Å². The van der Waals surface area contributed by atoms with Gasteiger partial charge in [0.1, 0.15) is 0 Å². The molecule has 0 aromatic rings. The van der Waals surface area contributed by atoms with Crippen LogP contribution in [0.4, 0.5) is 8.78 Å². The van der Waals surface area contributed by atoms with Crippen molar-refractivity contribution in [1.29, 1.82) is 0 Å². The van der Waals surface area contributed by atoms with Crippen LogP contribution in [-0.4, -0.2) is 11.7 Å². The van der Waals surface area contributed by atoms with E-state index in [1.54, 1.807) is 0 Å². The van der Waals surface area contributed by atoms with Crippen molar-refractivity contribution in [3.63, 3.8) is 0 Å². The fourth-order valence-corrected chi connectivity index (χ4v) is 1.99. The predicted molar refractivity (Wildman–Crippen MR) is 59.0 cm³/mol. The van der Waals surface area contributed by atoms with E-state index in [0.717, 1.165) is 0 Å². The van der Waals surface area contributed by atoms with Crippen molar-refractivity contribution in [1.82, 2.24) is 0 Å². The highest BCUT2D eigenvalue weighted by molar-refractivity contribution is 4.71. The van der Waals surface area contributed by atoms with Gasteiger partial charge in [-0.3, -0.25) is 0 Å². The first-order chi connectivity index (χ1) is 6.54. The minimum atomic E-state index is -1.88. The third-order valence-corrected chi connectivity index (χ3v) is 1.97. The number of hydrogen-bond acceptors (Lipinski definition) is 1. The number of alkyl halides is 2. The van der Waals surface area contributed by atoms with Gasteiger partial charge in [-0.2, -0.15) is 0 Å². The van der Waals surface area contributed by atoms with Gasteiger partial charge in [0.2, 0.25) is 11.7 Å². The van der Waals surface area contributed by atoms with Crippen molar-refractivity contribution in [2.75, 3.05) is 0 Å². The SMILES string of the molecule is CC(C)CC(C)(F)OC(C)(F)CC(C)C. The number of ether oxygens (including phenoxy) is 1. The Morgan fingerprint density at radius 2 is 1.13 bits per heavy atom. The van der Waals surface area contributed by atoms with E-state index in [1.165, 1.54) is 13.8 Å². The van der Waals surface area contributed by atoms with E-state index in [1.807, 2.05) is 27.7 Å². The number of halogens is 2. The standard InChI is InChI=1S/C12H24F2O/c1-9(2)7-11(5,13)15-12(6,14)8-10(3)4/h9-10H,7-8H2,1-6H3. The summed E-state index contributed by atoms with van der Waals surface area (Å²) in [5.74, 6) is -3.47. The zero-order valence-corrected chi connectivity index (χ0v) is 10.7. The third-order valence-electron chi connectivity index (χ3n) is 1.97. The molecule has 0 heterocycles. The molecular weight excluding hydrogens is 198 g/mol. The van der Waals surface area contributed by atoms with Crippen LogP contribution >= 0.6 is 0 Å². The summed E-state index contributed by atoms with van der Waals surface area (Å²) >= 11 is 0. The molecule has 0 spiro atoms. The summed E-state index contributed by atoms with van der Waals surface area (Å²) in [6, 6.07) is 0. The van der Waals surface area contributed by atoms with Gasteiger partial charge in [-0.15, -0.1) is 0 Å². The van der Waals surface area contributed by atoms with Crippen molar-refractivity contribution in [3.8, 4) is 0 Å². The largest absolute Gasteiger partial charge is 0.309 e. The molecule has 0 rings (SSSR count). The summed E-state index contributed by atoms with van der Waals surface area (Å²) in [4.78, 5) is 0. The molecule has 0 bridgehead atoms. The Morgan fingerprint density at radius 1 is 0.867 bits per heavy atom. The molecule has 1 nitrogen and oxygen atoms in total. The summed E-state index contributed by atoms with van der Waals surface area (Å²) in [6.45, 7) is 10.1. The maximum Gasteiger partial charge on any atom is 0.209 e. The zero-order chi connectivity index (χ0) is 12.3. The van der Waals surface area contributed by atoms with Crippen molar-refractivity contribution < 1.29 is 13.5 Å². The summed E-state index contributed by atoms with van der Waals surface area (Å²) in [7, 11) is 0. The summed E-state index contributed by atoms with van der Waals surface area (Å²) < 4.78 is 32.6. The lowest BCUT2D eigenvalue weighted by atomic mass is 10.0. The molecule has 0 radical (unpaired) electrons. The molecule has 0 aromatic heterocycles. The van der Waals surface area contributed by atoms with E-state index >= 15 is 0 Å². The van der Waals surface area contributed by atoms with Crippen LogP contribution in [0.5, 0.6) is 0 Å². The Hall–Kier alpha value is -0.180. The van der Waals surface area contributed by atoms with Gasteiger partial charge in [0.05, 0.1) is 0 Å². The Morgan fingerprint density at radius 3 is 1.33 bits per heavy atom. The lowest BCUT2D eigenvalue weighted by molar-refractivity contribution is -0.269. The minimum Gasteiger partial charge on any atom is -0.309 e. The molecule has 0 N–H and O–H groups in total. The Bertz CT molecular complexity index is 166. The van der Waals surface area contributed by atoms with Crippen LogP contribution in [0.15, 0.2) is 0 Å². The molecular formula is C12H24F2O. The van der Waals surface area contributed by atoms with Crippen LogP contribution in [0.2, 0.25) is 0 Å². The summed E-state index contributed by atoms with van der Waals surface area (Å²) in [6.07, 6.45) is 0.426. The van der Waals surface area contributed by atoms with Gasteiger partial charge in [0.15, 0.2) is 0 Å². The molecule has 0 aliphatic carbocycles. The van der Waals surface area contributed by atoms with E-state index in [-0.39, 0.29) is 24.7 Å². The van der Waals surface area contributed by atoms with Gasteiger partial charge in [-0.1, -0.05) is 27.7 Å². The summed E-state index contributed by atoms with van der Waals surface area (Å²) in [5, 5.41) is 0. The van der Waals surface area contributed by atoms with E-state index in [9.17, 15) is 8.78 Å². The lowest BCUT2D eigenvalue weighted by Crippen LogP contribution is -2.36. The molecule has 0 aromatic carbocycles. The Kier molecular flexibility index (Phi) is 5.18. The van der Waals surface area contributed by atoms with Crippen molar-refractivity contribution in [2.24, 2.45) is 11.8 Å². The average Bonchev–Trinajstić information content (AvgIpc) is 1.73. The molecule has 15 heavy (non-hydrogen) atoms. The van der Waals surface area contributed by atoms with Gasteiger partial charge in [0.25, 0.3) is 0 Å². The first-order valence-electron chi connectivity index (χ1n) is 5.62. The molecule has 0 fully saturated rings. The van der Waals surface area contributed by atoms with Crippen LogP contribution < -0.4 is 0 Å². The normalized spacial score (nSPS) is 20.4. The highest BCUT2D eigenvalue weighted by Gasteiger charge is 2.36. The van der Waals surface area contributed by atoms with Crippen LogP contribution in [0.3, 0.4) is 0 Å². The van der Waals surface area contributed by atoms with Crippen LogP contribution in [0.25, 0.3) is 0 Å². The number of hydrogen-bond donors (Lipinski definition) is 0. The molecule has 0 saturated heterocycles. The second kappa shape index (κ2) is 5.24. The zero-order valence-electron chi connectivity index (χ0n) is 10.7.